The first-order valence-electron chi connectivity index (χ1n) is 9.43. The van der Waals surface area contributed by atoms with Gasteiger partial charge in [-0.05, 0) is 32.1 Å². The monoisotopic (exact) mass is 326 g/mol. The lowest BCUT2D eigenvalue weighted by Crippen LogP contribution is -1.81. The fourth-order valence-corrected chi connectivity index (χ4v) is 2.30. The van der Waals surface area contributed by atoms with Crippen molar-refractivity contribution in [1.82, 2.24) is 0 Å². The molecule has 0 radical (unpaired) electrons. The highest BCUT2D eigenvalue weighted by Crippen LogP contribution is 2.10. The molecule has 0 amide bonds. The zero-order valence-electron chi connectivity index (χ0n) is 15.4. The molecule has 136 valence electrons. The van der Waals surface area contributed by atoms with E-state index in [-0.39, 0.29) is 0 Å². The minimum atomic E-state index is -0.833. The number of carbonyl (C=O) groups is 2. The van der Waals surface area contributed by atoms with Crippen molar-refractivity contribution in [1.29, 1.82) is 0 Å². The van der Waals surface area contributed by atoms with Crippen LogP contribution in [0.25, 0.3) is 0 Å². The molecule has 0 fully saturated rings. The summed E-state index contributed by atoms with van der Waals surface area (Å²) in [6, 6.07) is 0. The third-order valence-electron chi connectivity index (χ3n) is 3.58. The Morgan fingerprint density at radius 2 is 1.09 bits per heavy atom. The smallest absolute Gasteiger partial charge is 0.300 e. The van der Waals surface area contributed by atoms with E-state index in [0.29, 0.717) is 0 Å². The highest BCUT2D eigenvalue weighted by atomic mass is 16.4. The molecule has 0 aromatic rings. The van der Waals surface area contributed by atoms with Crippen LogP contribution in [0, 0.1) is 0 Å². The van der Waals surface area contributed by atoms with E-state index in [4.69, 9.17) is 9.90 Å². The van der Waals surface area contributed by atoms with Crippen molar-refractivity contribution in [2.75, 3.05) is 0 Å². The molecule has 0 rings (SSSR count). The Balaban J connectivity index is 0. The summed E-state index contributed by atoms with van der Waals surface area (Å²) in [5, 5.41) is 7.42. The number of allylic oxidation sites excluding steroid dienone is 2. The van der Waals surface area contributed by atoms with Crippen molar-refractivity contribution >= 4 is 12.3 Å². The van der Waals surface area contributed by atoms with Crippen molar-refractivity contribution in [2.24, 2.45) is 0 Å². The minimum absolute atomic E-state index is 0.753. The van der Waals surface area contributed by atoms with Gasteiger partial charge in [-0.1, -0.05) is 70.4 Å². The number of aldehydes is 1. The van der Waals surface area contributed by atoms with E-state index in [9.17, 15) is 4.79 Å². The maximum atomic E-state index is 10.1. The van der Waals surface area contributed by atoms with Gasteiger partial charge in [0.1, 0.15) is 6.29 Å². The Bertz CT molecular complexity index is 268. The predicted molar refractivity (Wildman–Crippen MR) is 98.8 cm³/mol. The molecule has 0 aromatic heterocycles. The molecule has 0 saturated heterocycles. The van der Waals surface area contributed by atoms with Gasteiger partial charge in [0.25, 0.3) is 5.97 Å². The Morgan fingerprint density at radius 3 is 1.48 bits per heavy atom. The average Bonchev–Trinajstić information content (AvgIpc) is 2.50. The van der Waals surface area contributed by atoms with E-state index in [1.54, 1.807) is 0 Å². The Hall–Kier alpha value is -1.12. The fourth-order valence-electron chi connectivity index (χ4n) is 2.30. The molecule has 0 aliphatic heterocycles. The van der Waals surface area contributed by atoms with Gasteiger partial charge < -0.3 is 9.90 Å². The lowest BCUT2D eigenvalue weighted by atomic mass is 10.1. The van der Waals surface area contributed by atoms with Gasteiger partial charge in [-0.3, -0.25) is 4.79 Å². The molecular weight excluding hydrogens is 288 g/mol. The van der Waals surface area contributed by atoms with Gasteiger partial charge in [-0.15, -0.1) is 0 Å². The molecule has 0 spiro atoms. The lowest BCUT2D eigenvalue weighted by Gasteiger charge is -1.99. The number of rotatable bonds is 15. The minimum Gasteiger partial charge on any atom is -0.481 e. The highest BCUT2D eigenvalue weighted by molar-refractivity contribution is 5.62. The summed E-state index contributed by atoms with van der Waals surface area (Å²) in [4.78, 5) is 19.1. The van der Waals surface area contributed by atoms with Gasteiger partial charge >= 0.3 is 0 Å². The number of hydrogen-bond donors (Lipinski definition) is 1. The SMILES string of the molecule is CC(=O)O.CCCCCC/C=C/CCCCCCCCCC=O. The summed E-state index contributed by atoms with van der Waals surface area (Å²) >= 11 is 0. The molecule has 0 aliphatic carbocycles. The van der Waals surface area contributed by atoms with Crippen LogP contribution in [-0.4, -0.2) is 17.4 Å². The summed E-state index contributed by atoms with van der Waals surface area (Å²) < 4.78 is 0. The van der Waals surface area contributed by atoms with Gasteiger partial charge in [0.15, 0.2) is 0 Å². The van der Waals surface area contributed by atoms with Gasteiger partial charge in [0.05, 0.1) is 0 Å². The van der Waals surface area contributed by atoms with Crippen LogP contribution >= 0.6 is 0 Å². The molecular formula is C20H38O3. The van der Waals surface area contributed by atoms with E-state index in [0.717, 1.165) is 26.1 Å². The lowest BCUT2D eigenvalue weighted by molar-refractivity contribution is -0.134. The predicted octanol–water partition coefficient (Wildman–Crippen LogP) is 6.31. The molecule has 0 aromatic carbocycles. The quantitative estimate of drug-likeness (QED) is 0.218. The van der Waals surface area contributed by atoms with Gasteiger partial charge in [-0.2, -0.15) is 0 Å². The number of unbranched alkanes of at least 4 members (excludes halogenated alkanes) is 12. The second kappa shape index (κ2) is 23.2. The summed E-state index contributed by atoms with van der Waals surface area (Å²) in [7, 11) is 0. The second-order valence-corrected chi connectivity index (χ2v) is 6.06. The highest BCUT2D eigenvalue weighted by Gasteiger charge is 1.91. The number of aliphatic carboxylic acids is 1. The Morgan fingerprint density at radius 1 is 0.739 bits per heavy atom. The van der Waals surface area contributed by atoms with E-state index < -0.39 is 5.97 Å². The largest absolute Gasteiger partial charge is 0.481 e. The molecule has 0 aliphatic rings. The summed E-state index contributed by atoms with van der Waals surface area (Å²) in [6.45, 7) is 3.35. The van der Waals surface area contributed by atoms with E-state index in [1.165, 1.54) is 77.0 Å². The third-order valence-corrected chi connectivity index (χ3v) is 3.58. The van der Waals surface area contributed by atoms with Gasteiger partial charge in [0.2, 0.25) is 0 Å². The maximum absolute atomic E-state index is 10.1. The van der Waals surface area contributed by atoms with Gasteiger partial charge in [-0.25, -0.2) is 0 Å². The number of carbonyl (C=O) groups excluding carboxylic acids is 1. The zero-order valence-corrected chi connectivity index (χ0v) is 15.4. The molecule has 0 heterocycles. The first-order valence-corrected chi connectivity index (χ1v) is 9.43. The Labute approximate surface area is 143 Å². The van der Waals surface area contributed by atoms with Crippen molar-refractivity contribution < 1.29 is 14.7 Å². The van der Waals surface area contributed by atoms with Crippen LogP contribution < -0.4 is 0 Å². The van der Waals surface area contributed by atoms with Crippen molar-refractivity contribution in [2.45, 2.75) is 104 Å². The van der Waals surface area contributed by atoms with Crippen LogP contribution in [0.1, 0.15) is 104 Å². The molecule has 3 heteroatoms. The van der Waals surface area contributed by atoms with Crippen LogP contribution in [0.2, 0.25) is 0 Å². The van der Waals surface area contributed by atoms with Crippen molar-refractivity contribution in [3.05, 3.63) is 12.2 Å². The molecule has 3 nitrogen and oxygen atoms in total. The standard InChI is InChI=1S/C18H34O.C2H4O2/c1-2-3-4-5-6-7-8-9-10-11-12-13-14-15-16-17-18-19;1-2(3)4/h7-8,18H,2-6,9-17H2,1H3;1H3,(H,3,4)/b8-7+;. The van der Waals surface area contributed by atoms with Gasteiger partial charge in [0, 0.05) is 13.3 Å². The van der Waals surface area contributed by atoms with Crippen LogP contribution in [0.4, 0.5) is 0 Å². The van der Waals surface area contributed by atoms with Crippen LogP contribution in [0.3, 0.4) is 0 Å². The third kappa shape index (κ3) is 33.6. The summed E-state index contributed by atoms with van der Waals surface area (Å²) in [5.41, 5.74) is 0. The first kappa shape index (κ1) is 24.1. The van der Waals surface area contributed by atoms with E-state index >= 15 is 0 Å². The average molecular weight is 327 g/mol. The number of carboxylic acid groups (broad SMARTS) is 1. The van der Waals surface area contributed by atoms with Crippen LogP contribution in [-0.2, 0) is 9.59 Å². The normalized spacial score (nSPS) is 10.3. The number of hydrogen-bond acceptors (Lipinski definition) is 2. The van der Waals surface area contributed by atoms with Crippen molar-refractivity contribution in [3.8, 4) is 0 Å². The first-order chi connectivity index (χ1) is 11.1. The molecule has 0 unspecified atom stereocenters. The molecule has 1 N–H and O–H groups in total. The van der Waals surface area contributed by atoms with E-state index in [2.05, 4.69) is 19.1 Å². The second-order valence-electron chi connectivity index (χ2n) is 6.06. The molecule has 23 heavy (non-hydrogen) atoms. The summed E-state index contributed by atoms with van der Waals surface area (Å²) in [5.74, 6) is -0.833. The topological polar surface area (TPSA) is 54.4 Å². The van der Waals surface area contributed by atoms with Crippen LogP contribution in [0.15, 0.2) is 12.2 Å². The van der Waals surface area contributed by atoms with Crippen LogP contribution in [0.5, 0.6) is 0 Å². The van der Waals surface area contributed by atoms with E-state index in [1.807, 2.05) is 0 Å². The zero-order chi connectivity index (χ0) is 17.6. The molecule has 0 bridgehead atoms. The number of carboxylic acids is 1. The maximum Gasteiger partial charge on any atom is 0.300 e. The van der Waals surface area contributed by atoms with Crippen molar-refractivity contribution in [3.63, 3.8) is 0 Å². The molecule has 0 atom stereocenters. The fraction of sp³-hybridized carbons (Fsp3) is 0.800. The molecule has 0 saturated carbocycles. The summed E-state index contributed by atoms with van der Waals surface area (Å²) in [6.07, 6.45) is 23.6. The Kier molecular flexibility index (Phi) is 24.3.